The second-order valence-electron chi connectivity index (χ2n) is 3.92. The summed E-state index contributed by atoms with van der Waals surface area (Å²) in [6, 6.07) is 15.0. The predicted molar refractivity (Wildman–Crippen MR) is 89.8 cm³/mol. The zero-order valence-corrected chi connectivity index (χ0v) is 13.2. The number of allylic oxidation sites excluding steroid dienone is 1. The Balaban J connectivity index is 0.000000741. The van der Waals surface area contributed by atoms with Gasteiger partial charge in [-0.2, -0.15) is 0 Å². The molecule has 2 aromatic rings. The van der Waals surface area contributed by atoms with Crippen molar-refractivity contribution in [2.24, 2.45) is 0 Å². The number of hydrogen-bond donors (Lipinski definition) is 0. The molecule has 0 heterocycles. The lowest BCUT2D eigenvalue weighted by Crippen LogP contribution is -1.89. The zero-order chi connectivity index (χ0) is 14.7. The molecule has 0 spiro atoms. The van der Waals surface area contributed by atoms with Gasteiger partial charge in [0.05, 0.1) is 0 Å². The molecule has 2 aromatic carbocycles. The Labute approximate surface area is 119 Å². The van der Waals surface area contributed by atoms with E-state index in [2.05, 4.69) is 56.0 Å². The van der Waals surface area contributed by atoms with Crippen LogP contribution in [-0.2, 0) is 6.42 Å². The fraction of sp³-hybridized carbons (Fsp3) is 0.368. The van der Waals surface area contributed by atoms with E-state index in [1.165, 1.54) is 21.9 Å². The molecule has 104 valence electrons. The Kier molecular flexibility index (Phi) is 9.52. The highest BCUT2D eigenvalue weighted by molar-refractivity contribution is 5.85. The van der Waals surface area contributed by atoms with E-state index in [0.717, 1.165) is 12.8 Å². The Morgan fingerprint density at radius 2 is 1.47 bits per heavy atom. The third kappa shape index (κ3) is 5.30. The highest BCUT2D eigenvalue weighted by Gasteiger charge is 2.00. The van der Waals surface area contributed by atoms with Crippen LogP contribution in [0, 0.1) is 0 Å². The zero-order valence-electron chi connectivity index (χ0n) is 13.2. The molecule has 0 saturated carbocycles. The minimum atomic E-state index is 0.998. The van der Waals surface area contributed by atoms with Gasteiger partial charge in [-0.25, -0.2) is 0 Å². The van der Waals surface area contributed by atoms with E-state index in [9.17, 15) is 0 Å². The van der Waals surface area contributed by atoms with E-state index in [1.807, 2.05) is 27.7 Å². The van der Waals surface area contributed by atoms with Crippen molar-refractivity contribution >= 4 is 10.8 Å². The smallest absolute Gasteiger partial charge is 0.00638 e. The molecule has 0 N–H and O–H groups in total. The Bertz CT molecular complexity index is 475. The first-order chi connectivity index (χ1) is 9.31. The normalized spacial score (nSPS) is 8.89. The van der Waals surface area contributed by atoms with Crippen LogP contribution in [0.25, 0.3) is 10.8 Å². The van der Waals surface area contributed by atoms with Crippen molar-refractivity contribution < 1.29 is 0 Å². The maximum Gasteiger partial charge on any atom is -0.00638 e. The molecule has 0 nitrogen and oxygen atoms in total. The topological polar surface area (TPSA) is 0 Å². The third-order valence-electron chi connectivity index (χ3n) is 2.82. The van der Waals surface area contributed by atoms with Crippen molar-refractivity contribution in [3.63, 3.8) is 0 Å². The fourth-order valence-electron chi connectivity index (χ4n) is 1.84. The second kappa shape index (κ2) is 10.4. The van der Waals surface area contributed by atoms with E-state index in [-0.39, 0.29) is 0 Å². The maximum absolute atomic E-state index is 4.08. The van der Waals surface area contributed by atoms with Crippen LogP contribution in [0.15, 0.2) is 54.6 Å². The van der Waals surface area contributed by atoms with Gasteiger partial charge >= 0.3 is 0 Å². The first kappa shape index (κ1) is 17.4. The summed E-state index contributed by atoms with van der Waals surface area (Å²) in [7, 11) is 0. The summed E-state index contributed by atoms with van der Waals surface area (Å²) >= 11 is 0. The second-order valence-corrected chi connectivity index (χ2v) is 3.92. The van der Waals surface area contributed by atoms with Gasteiger partial charge in [-0.05, 0) is 29.2 Å². The van der Waals surface area contributed by atoms with Crippen LogP contribution in [0.3, 0.4) is 0 Å². The molecular weight excluding hydrogens is 228 g/mol. The summed E-state index contributed by atoms with van der Waals surface area (Å²) in [6.07, 6.45) is 2.06. The minimum absolute atomic E-state index is 0.998. The average molecular weight is 256 g/mol. The number of benzene rings is 2. The first-order valence-corrected chi connectivity index (χ1v) is 7.44. The molecule has 0 saturated heterocycles. The molecule has 0 radical (unpaired) electrons. The standard InChI is InChI=1S/C15H16.2C2H6/c1-3-12(2)11-14-9-6-8-13-7-4-5-10-15(13)14;2*1-2/h4-10H,2-3,11H2,1H3;2*1-2H3. The monoisotopic (exact) mass is 256 g/mol. The van der Waals surface area contributed by atoms with E-state index >= 15 is 0 Å². The van der Waals surface area contributed by atoms with E-state index in [0.29, 0.717) is 0 Å². The molecular formula is C19H28. The summed E-state index contributed by atoms with van der Waals surface area (Å²) in [6.45, 7) is 14.2. The molecule has 0 aliphatic rings. The van der Waals surface area contributed by atoms with Crippen LogP contribution in [0.2, 0.25) is 0 Å². The third-order valence-corrected chi connectivity index (χ3v) is 2.82. The van der Waals surface area contributed by atoms with Crippen molar-refractivity contribution in [1.29, 1.82) is 0 Å². The lowest BCUT2D eigenvalue weighted by atomic mass is 9.98. The molecule has 0 unspecified atom stereocenters. The largest absolute Gasteiger partial charge is 0.0995 e. The lowest BCUT2D eigenvalue weighted by Gasteiger charge is -2.07. The predicted octanol–water partition coefficient (Wildman–Crippen LogP) is 6.40. The van der Waals surface area contributed by atoms with Crippen LogP contribution >= 0.6 is 0 Å². The highest BCUT2D eigenvalue weighted by atomic mass is 14.1. The van der Waals surface area contributed by atoms with Crippen LogP contribution < -0.4 is 0 Å². The molecule has 19 heavy (non-hydrogen) atoms. The average Bonchev–Trinajstić information content (AvgIpc) is 2.51. The van der Waals surface area contributed by atoms with Crippen molar-refractivity contribution in [3.8, 4) is 0 Å². The maximum atomic E-state index is 4.08. The molecule has 0 fully saturated rings. The SMILES string of the molecule is C=C(CC)Cc1cccc2ccccc12.CC.CC. The molecule has 0 atom stereocenters. The highest BCUT2D eigenvalue weighted by Crippen LogP contribution is 2.21. The van der Waals surface area contributed by atoms with Gasteiger partial charge < -0.3 is 0 Å². The van der Waals surface area contributed by atoms with E-state index < -0.39 is 0 Å². The summed E-state index contributed by atoms with van der Waals surface area (Å²) in [4.78, 5) is 0. The van der Waals surface area contributed by atoms with E-state index in [1.54, 1.807) is 0 Å². The van der Waals surface area contributed by atoms with Crippen LogP contribution in [0.1, 0.15) is 46.6 Å². The van der Waals surface area contributed by atoms with Gasteiger partial charge in [-0.1, -0.05) is 89.2 Å². The van der Waals surface area contributed by atoms with Crippen molar-refractivity contribution in [2.75, 3.05) is 0 Å². The van der Waals surface area contributed by atoms with Crippen molar-refractivity contribution in [1.82, 2.24) is 0 Å². The lowest BCUT2D eigenvalue weighted by molar-refractivity contribution is 1.02. The van der Waals surface area contributed by atoms with Crippen molar-refractivity contribution in [2.45, 2.75) is 47.5 Å². The molecule has 2 rings (SSSR count). The summed E-state index contributed by atoms with van der Waals surface area (Å²) in [5, 5.41) is 2.67. The molecule has 0 aliphatic heterocycles. The summed E-state index contributed by atoms with van der Waals surface area (Å²) in [5.74, 6) is 0. The number of rotatable bonds is 3. The van der Waals surface area contributed by atoms with Gasteiger partial charge in [0, 0.05) is 0 Å². The van der Waals surface area contributed by atoms with Crippen LogP contribution in [0.4, 0.5) is 0 Å². The van der Waals surface area contributed by atoms with Gasteiger partial charge in [0.1, 0.15) is 0 Å². The Hall–Kier alpha value is -1.56. The number of fused-ring (bicyclic) bond motifs is 1. The van der Waals surface area contributed by atoms with Crippen molar-refractivity contribution in [3.05, 3.63) is 60.2 Å². The Morgan fingerprint density at radius 3 is 2.11 bits per heavy atom. The number of hydrogen-bond acceptors (Lipinski definition) is 0. The van der Waals surface area contributed by atoms with Gasteiger partial charge in [-0.15, -0.1) is 0 Å². The van der Waals surface area contributed by atoms with Gasteiger partial charge in [0.2, 0.25) is 0 Å². The van der Waals surface area contributed by atoms with Gasteiger partial charge in [0.25, 0.3) is 0 Å². The van der Waals surface area contributed by atoms with Crippen LogP contribution in [0.5, 0.6) is 0 Å². The first-order valence-electron chi connectivity index (χ1n) is 7.44. The van der Waals surface area contributed by atoms with Gasteiger partial charge in [0.15, 0.2) is 0 Å². The molecule has 0 bridgehead atoms. The summed E-state index contributed by atoms with van der Waals surface area (Å²) < 4.78 is 0. The quantitative estimate of drug-likeness (QED) is 0.557. The molecule has 0 aliphatic carbocycles. The summed E-state index contributed by atoms with van der Waals surface area (Å²) in [5.41, 5.74) is 2.69. The molecule has 0 amide bonds. The van der Waals surface area contributed by atoms with E-state index in [4.69, 9.17) is 0 Å². The Morgan fingerprint density at radius 1 is 0.895 bits per heavy atom. The minimum Gasteiger partial charge on any atom is -0.0995 e. The molecule has 0 heteroatoms. The van der Waals surface area contributed by atoms with Crippen LogP contribution in [-0.4, -0.2) is 0 Å². The van der Waals surface area contributed by atoms with Gasteiger partial charge in [-0.3, -0.25) is 0 Å². The fourth-order valence-corrected chi connectivity index (χ4v) is 1.84. The molecule has 0 aromatic heterocycles.